The van der Waals surface area contributed by atoms with Crippen LogP contribution in [0.15, 0.2) is 47.6 Å². The van der Waals surface area contributed by atoms with E-state index in [0.29, 0.717) is 5.56 Å². The molecule has 2 rings (SSSR count). The predicted molar refractivity (Wildman–Crippen MR) is 73.3 cm³/mol. The first-order chi connectivity index (χ1) is 10.0. The predicted octanol–water partition coefficient (Wildman–Crippen LogP) is 2.31. The Kier molecular flexibility index (Phi) is 4.13. The largest absolute Gasteiger partial charge is 0.409 e. The number of nitrogens with two attached hydrogens (primary N) is 1. The van der Waals surface area contributed by atoms with Gasteiger partial charge in [-0.2, -0.15) is 0 Å². The first-order valence-electron chi connectivity index (χ1n) is 5.86. The molecule has 21 heavy (non-hydrogen) atoms. The number of hydrogen-bond donors (Lipinski definition) is 3. The van der Waals surface area contributed by atoms with Gasteiger partial charge in [-0.15, -0.1) is 0 Å². The molecule has 0 spiro atoms. The second-order valence-electron chi connectivity index (χ2n) is 4.11. The van der Waals surface area contributed by atoms with E-state index in [9.17, 15) is 13.6 Å². The molecule has 2 aromatic rings. The Morgan fingerprint density at radius 2 is 1.86 bits per heavy atom. The van der Waals surface area contributed by atoms with Crippen LogP contribution in [-0.4, -0.2) is 17.0 Å². The van der Waals surface area contributed by atoms with Gasteiger partial charge in [0.1, 0.15) is 0 Å². The lowest BCUT2D eigenvalue weighted by molar-refractivity contribution is 0.102. The monoisotopic (exact) mass is 291 g/mol. The Morgan fingerprint density at radius 1 is 1.14 bits per heavy atom. The lowest BCUT2D eigenvalue weighted by Gasteiger charge is -2.10. The van der Waals surface area contributed by atoms with Crippen molar-refractivity contribution in [2.75, 3.05) is 5.32 Å². The fraction of sp³-hybridized carbons (Fsp3) is 0. The van der Waals surface area contributed by atoms with E-state index in [1.165, 1.54) is 12.1 Å². The topological polar surface area (TPSA) is 87.7 Å². The highest BCUT2D eigenvalue weighted by molar-refractivity contribution is 6.09. The maximum atomic E-state index is 13.1. The highest BCUT2D eigenvalue weighted by Crippen LogP contribution is 2.17. The van der Waals surface area contributed by atoms with Gasteiger partial charge in [-0.3, -0.25) is 4.79 Å². The van der Waals surface area contributed by atoms with Crippen LogP contribution in [0, 0.1) is 11.6 Å². The van der Waals surface area contributed by atoms with Gasteiger partial charge in [0.2, 0.25) is 0 Å². The fourth-order valence-corrected chi connectivity index (χ4v) is 1.70. The minimum Gasteiger partial charge on any atom is -0.409 e. The number of rotatable bonds is 3. The first kappa shape index (κ1) is 14.4. The van der Waals surface area contributed by atoms with E-state index in [1.54, 1.807) is 12.1 Å². The third-order valence-electron chi connectivity index (χ3n) is 2.74. The highest BCUT2D eigenvalue weighted by atomic mass is 19.2. The third kappa shape index (κ3) is 3.14. The summed E-state index contributed by atoms with van der Waals surface area (Å²) in [4.78, 5) is 12.0. The molecule has 0 saturated carbocycles. The van der Waals surface area contributed by atoms with Crippen molar-refractivity contribution in [2.24, 2.45) is 10.9 Å². The number of carbonyl (C=O) groups excluding carboxylic acids is 1. The number of benzene rings is 2. The number of halogens is 2. The van der Waals surface area contributed by atoms with Crippen molar-refractivity contribution in [1.29, 1.82) is 0 Å². The Balaban J connectivity index is 2.30. The van der Waals surface area contributed by atoms with E-state index >= 15 is 0 Å². The summed E-state index contributed by atoms with van der Waals surface area (Å²) in [6.07, 6.45) is 0. The number of amides is 1. The Labute approximate surface area is 118 Å². The van der Waals surface area contributed by atoms with Gasteiger partial charge < -0.3 is 16.3 Å². The number of para-hydroxylation sites is 1. The minimum absolute atomic E-state index is 0.0526. The van der Waals surface area contributed by atoms with Crippen LogP contribution in [0.4, 0.5) is 14.5 Å². The molecule has 0 unspecified atom stereocenters. The molecule has 0 radical (unpaired) electrons. The SMILES string of the molecule is N/C(=N/O)c1ccccc1NC(=O)c1ccc(F)c(F)c1. The number of hydrogen-bond acceptors (Lipinski definition) is 3. The van der Waals surface area contributed by atoms with E-state index in [1.807, 2.05) is 0 Å². The third-order valence-corrected chi connectivity index (χ3v) is 2.74. The van der Waals surface area contributed by atoms with E-state index < -0.39 is 17.5 Å². The van der Waals surface area contributed by atoms with Crippen LogP contribution in [0.2, 0.25) is 0 Å². The van der Waals surface area contributed by atoms with Crippen molar-refractivity contribution in [3.8, 4) is 0 Å². The molecule has 7 heteroatoms. The average molecular weight is 291 g/mol. The average Bonchev–Trinajstić information content (AvgIpc) is 2.49. The maximum Gasteiger partial charge on any atom is 0.255 e. The summed E-state index contributed by atoms with van der Waals surface area (Å²) in [5.74, 6) is -2.99. The molecule has 0 aliphatic rings. The van der Waals surface area contributed by atoms with Gasteiger partial charge >= 0.3 is 0 Å². The fourth-order valence-electron chi connectivity index (χ4n) is 1.70. The molecule has 2 aromatic carbocycles. The van der Waals surface area contributed by atoms with Gasteiger partial charge in [0.25, 0.3) is 5.91 Å². The van der Waals surface area contributed by atoms with E-state index in [2.05, 4.69) is 10.5 Å². The normalized spacial score (nSPS) is 11.2. The van der Waals surface area contributed by atoms with Crippen molar-refractivity contribution in [3.05, 3.63) is 65.2 Å². The number of nitrogens with zero attached hydrogens (tertiary/aromatic N) is 1. The standard InChI is InChI=1S/C14H11F2N3O2/c15-10-6-5-8(7-11(10)16)14(20)18-12-4-2-1-3-9(12)13(17)19-21/h1-7,21H,(H2,17,19)(H,18,20). The summed E-state index contributed by atoms with van der Waals surface area (Å²) in [5, 5.41) is 14.0. The van der Waals surface area contributed by atoms with E-state index in [-0.39, 0.29) is 17.1 Å². The van der Waals surface area contributed by atoms with Crippen LogP contribution >= 0.6 is 0 Å². The minimum atomic E-state index is -1.12. The number of carbonyl (C=O) groups is 1. The zero-order chi connectivity index (χ0) is 15.4. The van der Waals surface area contributed by atoms with Crippen LogP contribution in [0.1, 0.15) is 15.9 Å². The van der Waals surface area contributed by atoms with Crippen molar-refractivity contribution in [2.45, 2.75) is 0 Å². The molecule has 0 fully saturated rings. The molecule has 4 N–H and O–H groups in total. The lowest BCUT2D eigenvalue weighted by atomic mass is 10.1. The molecule has 0 heterocycles. The van der Waals surface area contributed by atoms with Gasteiger partial charge in [0.05, 0.1) is 5.69 Å². The summed E-state index contributed by atoms with van der Waals surface area (Å²) < 4.78 is 26.0. The lowest BCUT2D eigenvalue weighted by Crippen LogP contribution is -2.19. The summed E-state index contributed by atoms with van der Waals surface area (Å²) in [6, 6.07) is 9.15. The molecule has 108 valence electrons. The molecule has 0 aliphatic heterocycles. The van der Waals surface area contributed by atoms with Crippen molar-refractivity contribution < 1.29 is 18.8 Å². The molecule has 0 aromatic heterocycles. The van der Waals surface area contributed by atoms with Crippen LogP contribution < -0.4 is 11.1 Å². The Morgan fingerprint density at radius 3 is 2.52 bits per heavy atom. The molecule has 1 amide bonds. The van der Waals surface area contributed by atoms with E-state index in [0.717, 1.165) is 18.2 Å². The number of amidine groups is 1. The second kappa shape index (κ2) is 6.00. The van der Waals surface area contributed by atoms with Crippen molar-refractivity contribution >= 4 is 17.4 Å². The van der Waals surface area contributed by atoms with Gasteiger partial charge in [-0.25, -0.2) is 8.78 Å². The summed E-state index contributed by atoms with van der Waals surface area (Å²) in [5.41, 5.74) is 6.02. The van der Waals surface area contributed by atoms with Crippen molar-refractivity contribution in [3.63, 3.8) is 0 Å². The smallest absolute Gasteiger partial charge is 0.255 e. The van der Waals surface area contributed by atoms with Crippen LogP contribution in [0.5, 0.6) is 0 Å². The molecule has 0 atom stereocenters. The maximum absolute atomic E-state index is 13.1. The zero-order valence-corrected chi connectivity index (χ0v) is 10.7. The van der Waals surface area contributed by atoms with Gasteiger partial charge in [-0.05, 0) is 30.3 Å². The zero-order valence-electron chi connectivity index (χ0n) is 10.7. The van der Waals surface area contributed by atoms with Gasteiger partial charge in [0, 0.05) is 11.1 Å². The number of oxime groups is 1. The summed E-state index contributed by atoms with van der Waals surface area (Å²) in [6.45, 7) is 0. The van der Waals surface area contributed by atoms with Gasteiger partial charge in [0.15, 0.2) is 17.5 Å². The second-order valence-corrected chi connectivity index (χ2v) is 4.11. The number of nitrogens with one attached hydrogen (secondary N) is 1. The van der Waals surface area contributed by atoms with Crippen LogP contribution in [0.25, 0.3) is 0 Å². The summed E-state index contributed by atoms with van der Waals surface area (Å²) in [7, 11) is 0. The summed E-state index contributed by atoms with van der Waals surface area (Å²) >= 11 is 0. The van der Waals surface area contributed by atoms with Crippen molar-refractivity contribution in [1.82, 2.24) is 0 Å². The van der Waals surface area contributed by atoms with Crippen LogP contribution in [-0.2, 0) is 0 Å². The molecule has 0 saturated heterocycles. The van der Waals surface area contributed by atoms with Gasteiger partial charge in [-0.1, -0.05) is 17.3 Å². The first-order valence-corrected chi connectivity index (χ1v) is 5.86. The van der Waals surface area contributed by atoms with Crippen LogP contribution in [0.3, 0.4) is 0 Å². The molecule has 5 nitrogen and oxygen atoms in total. The quantitative estimate of drug-likeness (QED) is 0.351. The molecule has 0 aliphatic carbocycles. The highest BCUT2D eigenvalue weighted by Gasteiger charge is 2.13. The van der Waals surface area contributed by atoms with E-state index in [4.69, 9.17) is 10.9 Å². The Bertz CT molecular complexity index is 717. The molecular weight excluding hydrogens is 280 g/mol. The number of anilines is 1. The Hall–Kier alpha value is -2.96. The molecule has 0 bridgehead atoms. The molecular formula is C14H11F2N3O2.